The van der Waals surface area contributed by atoms with Crippen molar-refractivity contribution >= 4 is 5.97 Å². The lowest BCUT2D eigenvalue weighted by molar-refractivity contribution is -0.138. The van der Waals surface area contributed by atoms with Crippen molar-refractivity contribution in [2.45, 2.75) is 32.6 Å². The fourth-order valence-electron chi connectivity index (χ4n) is 1.14. The molecule has 12 heavy (non-hydrogen) atoms. The Balaban J connectivity index is 3.19. The van der Waals surface area contributed by atoms with Gasteiger partial charge in [0.15, 0.2) is 0 Å². The number of hydrogen-bond donors (Lipinski definition) is 1. The summed E-state index contributed by atoms with van der Waals surface area (Å²) in [5.74, 6) is -0.409. The molecule has 0 heterocycles. The van der Waals surface area contributed by atoms with E-state index in [9.17, 15) is 4.79 Å². The lowest BCUT2D eigenvalue weighted by atomic mass is 10.0. The summed E-state index contributed by atoms with van der Waals surface area (Å²) >= 11 is 0. The van der Waals surface area contributed by atoms with E-state index < -0.39 is 5.97 Å². The van der Waals surface area contributed by atoms with Crippen LogP contribution in [0.5, 0.6) is 0 Å². The van der Waals surface area contributed by atoms with Crippen LogP contribution in [0.1, 0.15) is 32.6 Å². The lowest BCUT2D eigenvalue weighted by Gasteiger charge is -2.07. The number of ether oxygens (including phenoxy) is 1. The Labute approximate surface area is 73.7 Å². The van der Waals surface area contributed by atoms with Gasteiger partial charge in [-0.15, -0.1) is 0 Å². The van der Waals surface area contributed by atoms with E-state index in [0.29, 0.717) is 5.92 Å². The molecule has 0 rings (SSSR count). The van der Waals surface area contributed by atoms with Gasteiger partial charge < -0.3 is 9.84 Å². The highest BCUT2D eigenvalue weighted by molar-refractivity contribution is 5.66. The van der Waals surface area contributed by atoms with Crippen molar-refractivity contribution in [1.82, 2.24) is 0 Å². The fourth-order valence-corrected chi connectivity index (χ4v) is 1.14. The Morgan fingerprint density at radius 2 is 2.17 bits per heavy atom. The standard InChI is InChI=1S/C9H18O3/c1-8(7-9(10)11)5-3-4-6-12-2/h8H,3-7H2,1-2H3,(H,10,11). The highest BCUT2D eigenvalue weighted by Crippen LogP contribution is 2.11. The van der Waals surface area contributed by atoms with Crippen LogP contribution in [0.15, 0.2) is 0 Å². The smallest absolute Gasteiger partial charge is 0.303 e. The number of aliphatic carboxylic acids is 1. The minimum atomic E-state index is -0.700. The molecule has 1 unspecified atom stereocenters. The molecule has 0 aromatic carbocycles. The third-order valence-corrected chi connectivity index (χ3v) is 1.82. The summed E-state index contributed by atoms with van der Waals surface area (Å²) < 4.78 is 4.89. The van der Waals surface area contributed by atoms with Crippen molar-refractivity contribution in [2.75, 3.05) is 13.7 Å². The molecule has 0 radical (unpaired) electrons. The van der Waals surface area contributed by atoms with E-state index in [1.54, 1.807) is 7.11 Å². The minimum Gasteiger partial charge on any atom is -0.481 e. The van der Waals surface area contributed by atoms with Gasteiger partial charge in [-0.25, -0.2) is 0 Å². The molecule has 3 nitrogen and oxygen atoms in total. The number of carbonyl (C=O) groups is 1. The van der Waals surface area contributed by atoms with Crippen LogP contribution in [0.3, 0.4) is 0 Å². The second-order valence-electron chi connectivity index (χ2n) is 3.19. The van der Waals surface area contributed by atoms with E-state index in [2.05, 4.69) is 0 Å². The van der Waals surface area contributed by atoms with E-state index in [1.807, 2.05) is 6.92 Å². The van der Waals surface area contributed by atoms with Crippen molar-refractivity contribution in [2.24, 2.45) is 5.92 Å². The zero-order valence-corrected chi connectivity index (χ0v) is 7.88. The lowest BCUT2D eigenvalue weighted by Crippen LogP contribution is -2.04. The molecule has 0 fully saturated rings. The fraction of sp³-hybridized carbons (Fsp3) is 0.889. The minimum absolute atomic E-state index is 0.285. The maximum Gasteiger partial charge on any atom is 0.303 e. The predicted octanol–water partition coefficient (Wildman–Crippen LogP) is 1.91. The summed E-state index contributed by atoms with van der Waals surface area (Å²) in [7, 11) is 1.68. The van der Waals surface area contributed by atoms with Crippen LogP contribution in [0.4, 0.5) is 0 Å². The van der Waals surface area contributed by atoms with Crippen LogP contribution >= 0.6 is 0 Å². The quantitative estimate of drug-likeness (QED) is 0.600. The highest BCUT2D eigenvalue weighted by atomic mass is 16.5. The second kappa shape index (κ2) is 7.10. The summed E-state index contributed by atoms with van der Waals surface area (Å²) in [6, 6.07) is 0. The van der Waals surface area contributed by atoms with Crippen molar-refractivity contribution in [3.8, 4) is 0 Å². The van der Waals surface area contributed by atoms with Crippen LogP contribution in [-0.2, 0) is 9.53 Å². The average molecular weight is 174 g/mol. The first-order valence-corrected chi connectivity index (χ1v) is 4.37. The SMILES string of the molecule is COCCCCC(C)CC(=O)O. The van der Waals surface area contributed by atoms with Crippen molar-refractivity contribution in [3.63, 3.8) is 0 Å². The van der Waals surface area contributed by atoms with E-state index in [4.69, 9.17) is 9.84 Å². The molecule has 0 bridgehead atoms. The molecular formula is C9H18O3. The van der Waals surface area contributed by atoms with Gasteiger partial charge in [0.05, 0.1) is 0 Å². The van der Waals surface area contributed by atoms with Gasteiger partial charge >= 0.3 is 5.97 Å². The van der Waals surface area contributed by atoms with Crippen molar-refractivity contribution in [3.05, 3.63) is 0 Å². The summed E-state index contributed by atoms with van der Waals surface area (Å²) in [5, 5.41) is 8.46. The van der Waals surface area contributed by atoms with E-state index in [0.717, 1.165) is 25.9 Å². The van der Waals surface area contributed by atoms with Gasteiger partial charge in [-0.2, -0.15) is 0 Å². The molecule has 1 N–H and O–H groups in total. The van der Waals surface area contributed by atoms with Crippen LogP contribution in [0, 0.1) is 5.92 Å². The summed E-state index contributed by atoms with van der Waals surface area (Å²) in [4.78, 5) is 10.3. The summed E-state index contributed by atoms with van der Waals surface area (Å²) in [6.45, 7) is 2.75. The van der Waals surface area contributed by atoms with Crippen molar-refractivity contribution in [1.29, 1.82) is 0 Å². The largest absolute Gasteiger partial charge is 0.481 e. The molecule has 72 valence electrons. The van der Waals surface area contributed by atoms with Crippen LogP contribution in [0.2, 0.25) is 0 Å². The first kappa shape index (κ1) is 11.4. The predicted molar refractivity (Wildman–Crippen MR) is 47.1 cm³/mol. The maximum atomic E-state index is 10.3. The molecule has 0 saturated heterocycles. The molecule has 0 amide bonds. The number of methoxy groups -OCH3 is 1. The van der Waals surface area contributed by atoms with Gasteiger partial charge in [-0.3, -0.25) is 4.79 Å². The Morgan fingerprint density at radius 3 is 2.67 bits per heavy atom. The molecule has 1 atom stereocenters. The number of hydrogen-bond acceptors (Lipinski definition) is 2. The number of unbranched alkanes of at least 4 members (excludes halogenated alkanes) is 1. The maximum absolute atomic E-state index is 10.3. The molecule has 0 aliphatic heterocycles. The number of carboxylic acids is 1. The number of carboxylic acid groups (broad SMARTS) is 1. The van der Waals surface area contributed by atoms with Gasteiger partial charge in [-0.05, 0) is 12.3 Å². The van der Waals surface area contributed by atoms with Crippen LogP contribution in [0.25, 0.3) is 0 Å². The third-order valence-electron chi connectivity index (χ3n) is 1.82. The van der Waals surface area contributed by atoms with Crippen molar-refractivity contribution < 1.29 is 14.6 Å². The van der Waals surface area contributed by atoms with E-state index in [1.165, 1.54) is 0 Å². The molecule has 3 heteroatoms. The average Bonchev–Trinajstić information content (AvgIpc) is 1.97. The van der Waals surface area contributed by atoms with Gasteiger partial charge in [0.25, 0.3) is 0 Å². The molecule has 0 aliphatic rings. The Kier molecular flexibility index (Phi) is 6.76. The first-order chi connectivity index (χ1) is 5.66. The third kappa shape index (κ3) is 7.54. The van der Waals surface area contributed by atoms with Gasteiger partial charge in [0, 0.05) is 20.1 Å². The number of rotatable bonds is 7. The van der Waals surface area contributed by atoms with Crippen LogP contribution < -0.4 is 0 Å². The topological polar surface area (TPSA) is 46.5 Å². The van der Waals surface area contributed by atoms with Gasteiger partial charge in [0.2, 0.25) is 0 Å². The molecule has 0 saturated carbocycles. The molecule has 0 aromatic heterocycles. The molecular weight excluding hydrogens is 156 g/mol. The zero-order valence-electron chi connectivity index (χ0n) is 7.88. The van der Waals surface area contributed by atoms with Crippen LogP contribution in [-0.4, -0.2) is 24.8 Å². The molecule has 0 aromatic rings. The van der Waals surface area contributed by atoms with Gasteiger partial charge in [-0.1, -0.05) is 19.8 Å². The Bertz CT molecular complexity index is 123. The van der Waals surface area contributed by atoms with E-state index in [-0.39, 0.29) is 6.42 Å². The Morgan fingerprint density at radius 1 is 1.50 bits per heavy atom. The van der Waals surface area contributed by atoms with Gasteiger partial charge in [0.1, 0.15) is 0 Å². The highest BCUT2D eigenvalue weighted by Gasteiger charge is 2.06. The second-order valence-corrected chi connectivity index (χ2v) is 3.19. The van der Waals surface area contributed by atoms with E-state index >= 15 is 0 Å². The monoisotopic (exact) mass is 174 g/mol. The Hall–Kier alpha value is -0.570. The summed E-state index contributed by atoms with van der Waals surface area (Å²) in [6.07, 6.45) is 3.35. The zero-order chi connectivity index (χ0) is 9.40. The first-order valence-electron chi connectivity index (χ1n) is 4.37. The molecule has 0 spiro atoms. The molecule has 0 aliphatic carbocycles. The summed E-state index contributed by atoms with van der Waals surface area (Å²) in [5.41, 5.74) is 0. The normalized spacial score (nSPS) is 12.8.